The summed E-state index contributed by atoms with van der Waals surface area (Å²) in [6.45, 7) is 1.94. The molecule has 8 unspecified atom stereocenters. The maximum atomic E-state index is 11.6. The van der Waals surface area contributed by atoms with Crippen molar-refractivity contribution in [3.63, 3.8) is 0 Å². The molecule has 0 aromatic heterocycles. The Balaban J connectivity index is 1.86. The fourth-order valence-electron chi connectivity index (χ4n) is 5.13. The lowest BCUT2D eigenvalue weighted by molar-refractivity contribution is -0.365. The molecule has 3 heterocycles. The second-order valence-corrected chi connectivity index (χ2v) is 13.9. The molecule has 0 aliphatic carbocycles. The molecule has 0 bridgehead atoms. The first-order valence-corrected chi connectivity index (χ1v) is 17.4. The summed E-state index contributed by atoms with van der Waals surface area (Å²) >= 11 is 0. The first-order valence-electron chi connectivity index (χ1n) is 13.4. The Morgan fingerprint density at radius 3 is 1.61 bits per heavy atom. The van der Waals surface area contributed by atoms with Crippen molar-refractivity contribution in [3.8, 4) is 0 Å². The molecule has 0 amide bonds. The van der Waals surface area contributed by atoms with Gasteiger partial charge in [0.2, 0.25) is 31.2 Å². The Labute approximate surface area is 264 Å². The second kappa shape index (κ2) is 15.4. The molecular formula is C21H35O22S3-3. The minimum absolute atomic E-state index is 0.903. The zero-order valence-electron chi connectivity index (χ0n) is 24.4. The highest BCUT2D eigenvalue weighted by atomic mass is 32.3. The van der Waals surface area contributed by atoms with E-state index in [1.165, 1.54) is 27.9 Å². The Hall–Kier alpha value is -0.790. The average Bonchev–Trinajstić information content (AvgIpc) is 2.92. The first kappa shape index (κ1) is 39.6. The Bertz CT molecular complexity index is 1330. The smallest absolute Gasteiger partial charge is 0.218 e. The molecule has 4 N–H and O–H groups in total. The van der Waals surface area contributed by atoms with Gasteiger partial charge in [0.15, 0.2) is 25.0 Å². The SMILES string of the molecule is COC1OC(COS(=O)(=O)[O-])C(O[C@@H]2O[C@@H](C)[C@@H](OC3OC(COS(=O)(=O)[O-])C(O)[C@H](O)[C@@H]3C)C(O)C2OS(=O)(=O)[O-])[C@H](O)[C@@H]1C. The van der Waals surface area contributed by atoms with Gasteiger partial charge in [0.1, 0.15) is 36.6 Å². The van der Waals surface area contributed by atoms with Gasteiger partial charge in [0, 0.05) is 18.9 Å². The lowest BCUT2D eigenvalue weighted by atomic mass is 9.91. The zero-order chi connectivity index (χ0) is 34.9. The van der Waals surface area contributed by atoms with Gasteiger partial charge in [-0.25, -0.2) is 25.3 Å². The van der Waals surface area contributed by atoms with Crippen molar-refractivity contribution in [2.24, 2.45) is 11.8 Å². The van der Waals surface area contributed by atoms with E-state index in [-0.39, 0.29) is 0 Å². The molecule has 0 spiro atoms. The van der Waals surface area contributed by atoms with E-state index < -0.39 is 136 Å². The topological polar surface area (TPSA) is 336 Å². The normalized spacial score (nSPS) is 43.0. The molecule has 3 fully saturated rings. The molecular weight excluding hydrogens is 700 g/mol. The average molecular weight is 736 g/mol. The van der Waals surface area contributed by atoms with Gasteiger partial charge >= 0.3 is 0 Å². The van der Waals surface area contributed by atoms with Crippen molar-refractivity contribution in [1.82, 2.24) is 0 Å². The van der Waals surface area contributed by atoms with Crippen LogP contribution in [0.1, 0.15) is 20.8 Å². The molecule has 22 nitrogen and oxygen atoms in total. The summed E-state index contributed by atoms with van der Waals surface area (Å²) in [5.41, 5.74) is 0. The molecule has 0 radical (unpaired) electrons. The van der Waals surface area contributed by atoms with E-state index in [0.29, 0.717) is 0 Å². The minimum atomic E-state index is -5.63. The first-order chi connectivity index (χ1) is 21.0. The van der Waals surface area contributed by atoms with E-state index in [1.807, 2.05) is 0 Å². The summed E-state index contributed by atoms with van der Waals surface area (Å²) in [5, 5.41) is 42.8. The summed E-state index contributed by atoms with van der Waals surface area (Å²) < 4.78 is 147. The van der Waals surface area contributed by atoms with E-state index >= 15 is 0 Å². The highest BCUT2D eigenvalue weighted by Crippen LogP contribution is 2.36. The van der Waals surface area contributed by atoms with Crippen LogP contribution in [0, 0.1) is 11.8 Å². The van der Waals surface area contributed by atoms with Crippen molar-refractivity contribution in [2.75, 3.05) is 20.3 Å². The van der Waals surface area contributed by atoms with Crippen LogP contribution in [0.25, 0.3) is 0 Å². The van der Waals surface area contributed by atoms with Crippen LogP contribution in [-0.2, 0) is 72.2 Å². The van der Waals surface area contributed by atoms with Crippen LogP contribution in [0.2, 0.25) is 0 Å². The number of methoxy groups -OCH3 is 1. The fourth-order valence-corrected chi connectivity index (χ4v) is 6.21. The molecule has 3 saturated heterocycles. The lowest BCUT2D eigenvalue weighted by Crippen LogP contribution is -2.65. The van der Waals surface area contributed by atoms with Crippen LogP contribution < -0.4 is 0 Å². The minimum Gasteiger partial charge on any atom is -0.726 e. The standard InChI is InChI=1S/C21H38O22S3/c1-7-12(22)14(24)10(5-36-44(26,27)28)39-20(7)41-16-9(3)38-21(18(15(16)25)43-46(32,33)34)42-17-11(6-37-45(29,30)31)40-19(35-4)8(2)13(17)23/h7-25H,5-6H2,1-4H3,(H,26,27,28)(H,29,30,31)(H,32,33,34)/p-3/t7-,8-,9-,10?,11?,12+,13+,14?,15?,16+,17?,18?,19?,20?,21-/m0/s1. The van der Waals surface area contributed by atoms with Gasteiger partial charge in [-0.15, -0.1) is 0 Å². The van der Waals surface area contributed by atoms with Gasteiger partial charge in [0.25, 0.3) is 0 Å². The predicted octanol–water partition coefficient (Wildman–Crippen LogP) is -4.89. The van der Waals surface area contributed by atoms with Crippen LogP contribution in [-0.4, -0.2) is 160 Å². The van der Waals surface area contributed by atoms with Gasteiger partial charge in [-0.3, -0.25) is 12.5 Å². The second-order valence-electron chi connectivity index (χ2n) is 10.8. The predicted molar refractivity (Wildman–Crippen MR) is 137 cm³/mol. The number of rotatable bonds is 13. The number of hydrogen-bond donors (Lipinski definition) is 4. The van der Waals surface area contributed by atoms with E-state index in [1.54, 1.807) is 0 Å². The maximum Gasteiger partial charge on any atom is 0.218 e. The van der Waals surface area contributed by atoms with Crippen molar-refractivity contribution < 1.29 is 100 Å². The van der Waals surface area contributed by atoms with Gasteiger partial charge in [0.05, 0.1) is 31.5 Å². The third kappa shape index (κ3) is 10.4. The Kier molecular flexibility index (Phi) is 13.3. The summed E-state index contributed by atoms with van der Waals surface area (Å²) in [6, 6.07) is 0. The molecule has 3 rings (SSSR count). The molecule has 0 aromatic carbocycles. The van der Waals surface area contributed by atoms with Crippen LogP contribution in [0.3, 0.4) is 0 Å². The van der Waals surface area contributed by atoms with Crippen molar-refractivity contribution in [3.05, 3.63) is 0 Å². The van der Waals surface area contributed by atoms with Gasteiger partial charge in [-0.2, -0.15) is 0 Å². The largest absolute Gasteiger partial charge is 0.726 e. The third-order valence-corrected chi connectivity index (χ3v) is 8.85. The van der Waals surface area contributed by atoms with Crippen LogP contribution >= 0.6 is 0 Å². The van der Waals surface area contributed by atoms with Crippen LogP contribution in [0.5, 0.6) is 0 Å². The van der Waals surface area contributed by atoms with E-state index in [2.05, 4.69) is 12.5 Å². The van der Waals surface area contributed by atoms with E-state index in [0.717, 1.165) is 0 Å². The maximum absolute atomic E-state index is 11.6. The quantitative estimate of drug-likeness (QED) is 0.102. The summed E-state index contributed by atoms with van der Waals surface area (Å²) in [7, 11) is -15.0. The van der Waals surface area contributed by atoms with Gasteiger partial charge in [-0.05, 0) is 6.92 Å². The molecule has 3 aliphatic rings. The highest BCUT2D eigenvalue weighted by molar-refractivity contribution is 7.81. The van der Waals surface area contributed by atoms with Gasteiger partial charge in [-0.1, -0.05) is 13.8 Å². The zero-order valence-corrected chi connectivity index (χ0v) is 26.9. The van der Waals surface area contributed by atoms with Crippen LogP contribution in [0.4, 0.5) is 0 Å². The summed E-state index contributed by atoms with van der Waals surface area (Å²) in [4.78, 5) is 0. The lowest BCUT2D eigenvalue weighted by Gasteiger charge is -2.49. The van der Waals surface area contributed by atoms with E-state index in [9.17, 15) is 59.3 Å². The molecule has 0 saturated carbocycles. The number of hydrogen-bond acceptors (Lipinski definition) is 22. The monoisotopic (exact) mass is 735 g/mol. The van der Waals surface area contributed by atoms with Crippen molar-refractivity contribution in [1.29, 1.82) is 0 Å². The van der Waals surface area contributed by atoms with Gasteiger partial charge < -0.3 is 62.5 Å². The molecule has 46 heavy (non-hydrogen) atoms. The summed E-state index contributed by atoms with van der Waals surface area (Å²) in [5.74, 6) is -2.02. The van der Waals surface area contributed by atoms with Crippen LogP contribution in [0.15, 0.2) is 0 Å². The van der Waals surface area contributed by atoms with E-state index in [4.69, 9.17) is 28.4 Å². The third-order valence-electron chi connectivity index (χ3n) is 7.54. The Morgan fingerprint density at radius 2 is 1.09 bits per heavy atom. The molecule has 3 aliphatic heterocycles. The number of aliphatic hydroxyl groups excluding tert-OH is 4. The molecule has 25 heteroatoms. The molecule has 15 atom stereocenters. The highest BCUT2D eigenvalue weighted by Gasteiger charge is 2.53. The fraction of sp³-hybridized carbons (Fsp3) is 1.00. The summed E-state index contributed by atoms with van der Waals surface area (Å²) in [6.07, 6.45) is -22.1. The van der Waals surface area contributed by atoms with Crippen molar-refractivity contribution >= 4 is 31.2 Å². The number of aliphatic hydroxyl groups is 4. The molecule has 0 aromatic rings. The number of ether oxygens (including phenoxy) is 6. The van der Waals surface area contributed by atoms with Crippen molar-refractivity contribution in [2.45, 2.75) is 101 Å². The Morgan fingerprint density at radius 1 is 0.587 bits per heavy atom. The molecule has 272 valence electrons.